The van der Waals surface area contributed by atoms with E-state index in [1.807, 2.05) is 0 Å². The fourth-order valence-corrected chi connectivity index (χ4v) is 3.87. The topological polar surface area (TPSA) is 96.7 Å². The molecule has 0 spiro atoms. The quantitative estimate of drug-likeness (QED) is 0.726. The molecule has 1 aromatic heterocycles. The van der Waals surface area contributed by atoms with E-state index >= 15 is 0 Å². The van der Waals surface area contributed by atoms with Crippen molar-refractivity contribution in [3.8, 4) is 0 Å². The highest BCUT2D eigenvalue weighted by molar-refractivity contribution is 6.33. The molecule has 12 heteroatoms. The minimum absolute atomic E-state index is 0.0311. The van der Waals surface area contributed by atoms with Crippen LogP contribution >= 0.6 is 11.6 Å². The fourth-order valence-electron chi connectivity index (χ4n) is 3.61. The molecular weight excluding hydrogens is 417 g/mol. The lowest BCUT2D eigenvalue weighted by Gasteiger charge is -2.29. The predicted molar refractivity (Wildman–Crippen MR) is 98.3 cm³/mol. The number of aliphatic hydroxyl groups is 1. The van der Waals surface area contributed by atoms with Gasteiger partial charge in [-0.3, -0.25) is 4.79 Å². The molecule has 1 aliphatic heterocycles. The van der Waals surface area contributed by atoms with Crippen LogP contribution in [0.2, 0.25) is 5.02 Å². The Bertz CT molecular complexity index is 809. The number of aliphatic hydroxyl groups excluding tert-OH is 1. The van der Waals surface area contributed by atoms with Crippen LogP contribution in [0.1, 0.15) is 25.7 Å². The number of ether oxygens (including phenoxy) is 1. The zero-order chi connectivity index (χ0) is 21.2. The minimum Gasteiger partial charge on any atom is -0.441 e. The second kappa shape index (κ2) is 8.78. The van der Waals surface area contributed by atoms with E-state index in [-0.39, 0.29) is 49.8 Å². The minimum atomic E-state index is -2.83. The van der Waals surface area contributed by atoms with Gasteiger partial charge in [0.2, 0.25) is 5.92 Å². The first-order chi connectivity index (χ1) is 13.7. The summed E-state index contributed by atoms with van der Waals surface area (Å²) in [5.41, 5.74) is -0.444. The van der Waals surface area contributed by atoms with Crippen molar-refractivity contribution in [3.63, 3.8) is 0 Å². The van der Waals surface area contributed by atoms with Gasteiger partial charge in [-0.25, -0.2) is 22.6 Å². The van der Waals surface area contributed by atoms with Crippen molar-refractivity contribution in [1.82, 2.24) is 15.1 Å². The van der Waals surface area contributed by atoms with Gasteiger partial charge >= 0.3 is 6.09 Å². The summed E-state index contributed by atoms with van der Waals surface area (Å²) in [4.78, 5) is 25.6. The molecule has 0 radical (unpaired) electrons. The Morgan fingerprint density at radius 3 is 2.90 bits per heavy atom. The lowest BCUT2D eigenvalue weighted by molar-refractivity contribution is -0.0442. The van der Waals surface area contributed by atoms with Crippen LogP contribution < -0.4 is 15.8 Å². The van der Waals surface area contributed by atoms with Crippen LogP contribution in [-0.4, -0.2) is 64.9 Å². The molecule has 162 valence electrons. The highest BCUT2D eigenvalue weighted by Crippen LogP contribution is 2.33. The van der Waals surface area contributed by atoms with E-state index in [2.05, 4.69) is 10.4 Å². The van der Waals surface area contributed by atoms with E-state index < -0.39 is 42.3 Å². The van der Waals surface area contributed by atoms with Gasteiger partial charge in [-0.15, -0.1) is 0 Å². The summed E-state index contributed by atoms with van der Waals surface area (Å²) >= 11 is 6.06. The Morgan fingerprint density at radius 1 is 1.45 bits per heavy atom. The maximum Gasteiger partial charge on any atom is 0.407 e. The van der Waals surface area contributed by atoms with Crippen LogP contribution in [0.15, 0.2) is 11.0 Å². The van der Waals surface area contributed by atoms with Crippen LogP contribution in [0.4, 0.5) is 23.7 Å². The molecule has 2 heterocycles. The van der Waals surface area contributed by atoms with E-state index in [1.54, 1.807) is 0 Å². The fraction of sp³-hybridized carbons (Fsp3) is 0.706. The number of aromatic nitrogens is 2. The lowest BCUT2D eigenvalue weighted by Crippen LogP contribution is -2.44. The van der Waals surface area contributed by atoms with Gasteiger partial charge in [0.15, 0.2) is 12.3 Å². The third kappa shape index (κ3) is 5.13. The summed E-state index contributed by atoms with van der Waals surface area (Å²) in [6.45, 7) is -0.571. The van der Waals surface area contributed by atoms with Crippen molar-refractivity contribution >= 4 is 23.4 Å². The number of halogens is 4. The molecule has 29 heavy (non-hydrogen) atoms. The number of hydrogen-bond acceptors (Lipinski definition) is 6. The number of amides is 1. The van der Waals surface area contributed by atoms with E-state index in [0.29, 0.717) is 6.42 Å². The molecular formula is C17H22ClF3N4O4. The number of carbonyl (C=O) groups excluding carboxylic acids is 1. The summed E-state index contributed by atoms with van der Waals surface area (Å²) in [6.07, 6.45) is -2.36. The zero-order valence-corrected chi connectivity index (χ0v) is 16.2. The number of nitrogens with zero attached hydrogens (tertiary/aromatic N) is 3. The molecule has 3 rings (SSSR count). The molecule has 8 nitrogen and oxygen atoms in total. The second-order valence-electron chi connectivity index (χ2n) is 7.25. The molecule has 2 fully saturated rings. The average Bonchev–Trinajstić information content (AvgIpc) is 2.98. The SMILES string of the molecule is O=C(NC1CCCC(F)(F)C1)O[C@H]1CN(c2cnn(CCO)c(=O)c2Cl)C[C@@H]1F. The summed E-state index contributed by atoms with van der Waals surface area (Å²) in [6, 6.07) is -0.723. The first-order valence-corrected chi connectivity index (χ1v) is 9.68. The maximum atomic E-state index is 14.4. The first-order valence-electron chi connectivity index (χ1n) is 9.30. The van der Waals surface area contributed by atoms with Gasteiger partial charge in [-0.05, 0) is 12.8 Å². The Morgan fingerprint density at radius 2 is 2.21 bits per heavy atom. The molecule has 1 aromatic rings. The third-order valence-corrected chi connectivity index (χ3v) is 5.39. The molecule has 1 aliphatic carbocycles. The summed E-state index contributed by atoms with van der Waals surface area (Å²) in [7, 11) is 0. The number of alkyl carbamates (subject to hydrolysis) is 1. The van der Waals surface area contributed by atoms with Crippen LogP contribution in [-0.2, 0) is 11.3 Å². The highest BCUT2D eigenvalue weighted by Gasteiger charge is 2.39. The number of anilines is 1. The zero-order valence-electron chi connectivity index (χ0n) is 15.5. The monoisotopic (exact) mass is 438 g/mol. The van der Waals surface area contributed by atoms with Crippen LogP contribution in [0.5, 0.6) is 0 Å². The standard InChI is InChI=1S/C17H22ClF3N4O4/c18-14-12(7-22-25(4-5-26)15(14)27)24-8-11(19)13(9-24)29-16(28)23-10-2-1-3-17(20,21)6-10/h7,10-11,13,26H,1-6,8-9H2,(H,23,28)/t10?,11-,13-/m0/s1. The Labute approximate surface area is 169 Å². The van der Waals surface area contributed by atoms with Gasteiger partial charge < -0.3 is 20.1 Å². The van der Waals surface area contributed by atoms with E-state index in [0.717, 1.165) is 4.68 Å². The average molecular weight is 439 g/mol. The molecule has 1 unspecified atom stereocenters. The van der Waals surface area contributed by atoms with E-state index in [4.69, 9.17) is 21.4 Å². The summed E-state index contributed by atoms with van der Waals surface area (Å²) in [5, 5.41) is 15.0. The molecule has 0 aromatic carbocycles. The molecule has 2 aliphatic rings. The number of rotatable bonds is 5. The van der Waals surface area contributed by atoms with Gasteiger partial charge in [0, 0.05) is 18.9 Å². The van der Waals surface area contributed by atoms with Gasteiger partial charge in [0.25, 0.3) is 5.56 Å². The molecule has 1 saturated carbocycles. The number of alkyl halides is 3. The largest absolute Gasteiger partial charge is 0.441 e. The third-order valence-electron chi connectivity index (χ3n) is 5.04. The molecule has 2 N–H and O–H groups in total. The molecule has 1 amide bonds. The van der Waals surface area contributed by atoms with Crippen molar-refractivity contribution < 1.29 is 27.8 Å². The van der Waals surface area contributed by atoms with Crippen LogP contribution in [0, 0.1) is 0 Å². The Kier molecular flexibility index (Phi) is 6.57. The van der Waals surface area contributed by atoms with Gasteiger partial charge in [0.1, 0.15) is 5.02 Å². The maximum absolute atomic E-state index is 14.4. The Hall–Kier alpha value is -2.01. The van der Waals surface area contributed by atoms with Crippen molar-refractivity contribution in [1.29, 1.82) is 0 Å². The molecule has 0 bridgehead atoms. The predicted octanol–water partition coefficient (Wildman–Crippen LogP) is 1.72. The van der Waals surface area contributed by atoms with E-state index in [9.17, 15) is 22.8 Å². The van der Waals surface area contributed by atoms with E-state index in [1.165, 1.54) is 11.1 Å². The lowest BCUT2D eigenvalue weighted by atomic mass is 9.92. The van der Waals surface area contributed by atoms with Crippen molar-refractivity contribution in [2.75, 3.05) is 24.6 Å². The Balaban J connectivity index is 1.60. The number of hydrogen-bond donors (Lipinski definition) is 2. The van der Waals surface area contributed by atoms with Crippen LogP contribution in [0.25, 0.3) is 0 Å². The van der Waals surface area contributed by atoms with Gasteiger partial charge in [-0.2, -0.15) is 5.10 Å². The van der Waals surface area contributed by atoms with Crippen molar-refractivity contribution in [2.45, 2.75) is 56.5 Å². The van der Waals surface area contributed by atoms with Gasteiger partial charge in [0.05, 0.1) is 38.1 Å². The number of carbonyl (C=O) groups is 1. The summed E-state index contributed by atoms with van der Waals surface area (Å²) < 4.78 is 47.3. The van der Waals surface area contributed by atoms with Crippen molar-refractivity contribution in [2.24, 2.45) is 0 Å². The first kappa shape index (κ1) is 21.7. The van der Waals surface area contributed by atoms with Crippen LogP contribution in [0.3, 0.4) is 0 Å². The second-order valence-corrected chi connectivity index (χ2v) is 7.63. The summed E-state index contributed by atoms with van der Waals surface area (Å²) in [5.74, 6) is -2.83. The smallest absolute Gasteiger partial charge is 0.407 e. The van der Waals surface area contributed by atoms with Crippen molar-refractivity contribution in [3.05, 3.63) is 21.6 Å². The highest BCUT2D eigenvalue weighted by atomic mass is 35.5. The van der Waals surface area contributed by atoms with Gasteiger partial charge in [-0.1, -0.05) is 11.6 Å². The number of nitrogens with one attached hydrogen (secondary N) is 1. The molecule has 3 atom stereocenters. The molecule has 1 saturated heterocycles. The normalized spacial score (nSPS) is 26.4.